The van der Waals surface area contributed by atoms with Crippen molar-refractivity contribution in [2.24, 2.45) is 0 Å². The summed E-state index contributed by atoms with van der Waals surface area (Å²) in [5.74, 6) is -7.40. The normalized spacial score (nSPS) is 12.7. The number of rotatable bonds is 3. The van der Waals surface area contributed by atoms with Gasteiger partial charge in [0.15, 0.2) is 17.2 Å². The highest BCUT2D eigenvalue weighted by molar-refractivity contribution is 5.71. The maximum absolute atomic E-state index is 14.6. The van der Waals surface area contributed by atoms with Crippen LogP contribution in [0.3, 0.4) is 0 Å². The number of benzene rings is 2. The summed E-state index contributed by atoms with van der Waals surface area (Å²) in [5, 5.41) is 27.8. The molecule has 4 rings (SSSR count). The molecule has 0 fully saturated rings. The minimum Gasteiger partial charge on any atom is -0.432 e. The van der Waals surface area contributed by atoms with E-state index in [9.17, 15) is 46.5 Å². The molecule has 15 heteroatoms. The van der Waals surface area contributed by atoms with Crippen molar-refractivity contribution >= 4 is 11.1 Å². The van der Waals surface area contributed by atoms with Gasteiger partial charge in [0, 0.05) is 16.7 Å². The van der Waals surface area contributed by atoms with Crippen molar-refractivity contribution in [2.75, 3.05) is 0 Å². The van der Waals surface area contributed by atoms with E-state index in [1.54, 1.807) is 6.07 Å². The lowest BCUT2D eigenvalue weighted by Gasteiger charge is -2.11. The molecule has 0 unspecified atom stereocenters. The average molecular weight is 573 g/mol. The molecular formula is C26H10F7N5O3. The Labute approximate surface area is 223 Å². The second-order valence-corrected chi connectivity index (χ2v) is 8.11. The molecule has 0 aliphatic carbocycles. The summed E-state index contributed by atoms with van der Waals surface area (Å²) in [7, 11) is 0. The molecule has 0 amide bonds. The SMILES string of the molecule is C/C(C#N)=c1\nc(-c2cc(F)c(C)c(F)c2)/c(=c2\oc(=C(C#N)C#N)nc2-c2cc(F)c(OC(F)(F)F)c(F)c2)o1. The Bertz CT molecular complexity index is 2020. The molecule has 0 radical (unpaired) electrons. The quantitative estimate of drug-likeness (QED) is 0.315. The lowest BCUT2D eigenvalue weighted by Crippen LogP contribution is -2.19. The van der Waals surface area contributed by atoms with Crippen LogP contribution in [0.4, 0.5) is 30.7 Å². The number of ether oxygens (including phenoxy) is 1. The van der Waals surface area contributed by atoms with Crippen LogP contribution in [0, 0.1) is 75.0 Å². The van der Waals surface area contributed by atoms with Gasteiger partial charge in [0.25, 0.3) is 0 Å². The molecule has 0 saturated heterocycles. The summed E-state index contributed by atoms with van der Waals surface area (Å²) >= 11 is 0. The molecule has 2 heterocycles. The minimum atomic E-state index is -5.43. The lowest BCUT2D eigenvalue weighted by atomic mass is 10.1. The van der Waals surface area contributed by atoms with Crippen molar-refractivity contribution in [3.8, 4) is 46.5 Å². The van der Waals surface area contributed by atoms with Crippen molar-refractivity contribution in [1.82, 2.24) is 9.97 Å². The van der Waals surface area contributed by atoms with Gasteiger partial charge in [0.1, 0.15) is 41.2 Å². The number of hydrogen-bond donors (Lipinski definition) is 0. The smallest absolute Gasteiger partial charge is 0.432 e. The fourth-order valence-corrected chi connectivity index (χ4v) is 3.47. The standard InChI is InChI=1S/C26H10F7N5O3/c1-10(7-34)24-37-19(12-3-15(27)11(2)16(28)4-12)22(39-24)23-20(38-25(40-23)14(8-35)9-36)13-5-17(29)21(18(30)6-13)41-26(31,32)33/h3-6H,1-2H3/b23-22+,24-10-. The first-order valence-corrected chi connectivity index (χ1v) is 10.9. The highest BCUT2D eigenvalue weighted by Gasteiger charge is 2.34. The summed E-state index contributed by atoms with van der Waals surface area (Å²) in [6, 6.07) is 7.24. The van der Waals surface area contributed by atoms with Crippen LogP contribution < -0.4 is 15.8 Å². The van der Waals surface area contributed by atoms with E-state index in [4.69, 9.17) is 8.83 Å². The van der Waals surface area contributed by atoms with E-state index in [-0.39, 0.29) is 27.9 Å². The Hall–Kier alpha value is -5.62. The largest absolute Gasteiger partial charge is 0.573 e. The Morgan fingerprint density at radius 2 is 1.20 bits per heavy atom. The molecule has 206 valence electrons. The van der Waals surface area contributed by atoms with E-state index in [0.717, 1.165) is 19.1 Å². The van der Waals surface area contributed by atoms with Crippen molar-refractivity contribution in [2.45, 2.75) is 20.2 Å². The Morgan fingerprint density at radius 1 is 0.756 bits per heavy atom. The Morgan fingerprint density at radius 3 is 1.63 bits per heavy atom. The Balaban J connectivity index is 2.23. The first-order valence-electron chi connectivity index (χ1n) is 10.9. The van der Waals surface area contributed by atoms with Crippen molar-refractivity contribution in [3.63, 3.8) is 0 Å². The number of aromatic nitrogens is 2. The molecule has 2 aromatic carbocycles. The van der Waals surface area contributed by atoms with Gasteiger partial charge in [0.2, 0.25) is 27.7 Å². The summed E-state index contributed by atoms with van der Waals surface area (Å²) in [5.41, 5.74) is -5.16. The fraction of sp³-hybridized carbons (Fsp3) is 0.115. The van der Waals surface area contributed by atoms with Gasteiger partial charge in [-0.2, -0.15) is 15.8 Å². The van der Waals surface area contributed by atoms with Crippen LogP contribution in [0.25, 0.3) is 33.7 Å². The van der Waals surface area contributed by atoms with Gasteiger partial charge in [-0.1, -0.05) is 0 Å². The molecule has 0 aliphatic heterocycles. The number of nitrogens with zero attached hydrogens (tertiary/aromatic N) is 5. The predicted octanol–water partition coefficient (Wildman–Crippen LogP) is 4.94. The van der Waals surface area contributed by atoms with Gasteiger partial charge in [-0.05, 0) is 38.1 Å². The second kappa shape index (κ2) is 10.5. The van der Waals surface area contributed by atoms with E-state index in [1.165, 1.54) is 19.1 Å². The van der Waals surface area contributed by atoms with Gasteiger partial charge in [0.05, 0.1) is 5.57 Å². The van der Waals surface area contributed by atoms with E-state index < -0.39 is 68.6 Å². The summed E-state index contributed by atoms with van der Waals surface area (Å²) in [6.45, 7) is 2.44. The molecule has 8 nitrogen and oxygen atoms in total. The lowest BCUT2D eigenvalue weighted by molar-refractivity contribution is -0.276. The van der Waals surface area contributed by atoms with Crippen LogP contribution in [0.2, 0.25) is 0 Å². The fourth-order valence-electron chi connectivity index (χ4n) is 3.47. The van der Waals surface area contributed by atoms with Crippen molar-refractivity contribution in [1.29, 1.82) is 15.8 Å². The van der Waals surface area contributed by atoms with Crippen molar-refractivity contribution < 1.29 is 44.3 Å². The van der Waals surface area contributed by atoms with Crippen LogP contribution in [-0.4, -0.2) is 16.3 Å². The third-order valence-electron chi connectivity index (χ3n) is 5.43. The molecule has 41 heavy (non-hydrogen) atoms. The molecular weight excluding hydrogens is 563 g/mol. The number of alkyl halides is 3. The maximum atomic E-state index is 14.6. The van der Waals surface area contributed by atoms with Crippen LogP contribution in [0.5, 0.6) is 5.75 Å². The molecule has 2 aromatic heterocycles. The maximum Gasteiger partial charge on any atom is 0.573 e. The first kappa shape index (κ1) is 28.4. The molecule has 0 saturated carbocycles. The molecule has 0 bridgehead atoms. The predicted molar refractivity (Wildman–Crippen MR) is 121 cm³/mol. The van der Waals surface area contributed by atoms with Gasteiger partial charge < -0.3 is 13.6 Å². The second-order valence-electron chi connectivity index (χ2n) is 8.11. The minimum absolute atomic E-state index is 0.126. The van der Waals surface area contributed by atoms with E-state index in [2.05, 4.69) is 14.7 Å². The number of oxazole rings is 2. The zero-order valence-corrected chi connectivity index (χ0v) is 20.4. The number of halogens is 7. The topological polar surface area (TPSA) is 133 Å². The number of nitriles is 3. The summed E-state index contributed by atoms with van der Waals surface area (Å²) < 4.78 is 110. The van der Waals surface area contributed by atoms with Gasteiger partial charge >= 0.3 is 6.36 Å². The third-order valence-corrected chi connectivity index (χ3v) is 5.43. The zero-order valence-electron chi connectivity index (χ0n) is 20.4. The molecule has 0 aliphatic rings. The monoisotopic (exact) mass is 573 g/mol. The van der Waals surface area contributed by atoms with Crippen LogP contribution in [0.1, 0.15) is 12.5 Å². The zero-order chi connectivity index (χ0) is 30.2. The van der Waals surface area contributed by atoms with Crippen molar-refractivity contribution in [3.05, 3.63) is 75.0 Å². The molecule has 4 aromatic rings. The molecule has 0 atom stereocenters. The first-order chi connectivity index (χ1) is 19.3. The van der Waals surface area contributed by atoms with Gasteiger partial charge in [-0.15, -0.1) is 13.2 Å². The molecule has 0 N–H and O–H groups in total. The van der Waals surface area contributed by atoms with Crippen LogP contribution >= 0.6 is 0 Å². The van der Waals surface area contributed by atoms with E-state index >= 15 is 0 Å². The Kier molecular flexibility index (Phi) is 7.28. The third kappa shape index (κ3) is 5.44. The molecule has 0 spiro atoms. The average Bonchev–Trinajstić information content (AvgIpc) is 3.54. The van der Waals surface area contributed by atoms with E-state index in [1.807, 2.05) is 0 Å². The van der Waals surface area contributed by atoms with Gasteiger partial charge in [-0.25, -0.2) is 27.5 Å². The van der Waals surface area contributed by atoms with E-state index in [0.29, 0.717) is 12.1 Å². The van der Waals surface area contributed by atoms with Crippen LogP contribution in [-0.2, 0) is 0 Å². The highest BCUT2D eigenvalue weighted by atomic mass is 19.4. The summed E-state index contributed by atoms with van der Waals surface area (Å²) in [6.07, 6.45) is -5.43. The number of hydrogen-bond acceptors (Lipinski definition) is 8. The highest BCUT2D eigenvalue weighted by Crippen LogP contribution is 2.33. The van der Waals surface area contributed by atoms with Gasteiger partial charge in [-0.3, -0.25) is 0 Å². The van der Waals surface area contributed by atoms with Crippen LogP contribution in [0.15, 0.2) is 33.1 Å². The summed E-state index contributed by atoms with van der Waals surface area (Å²) in [4.78, 5) is 7.97.